The van der Waals surface area contributed by atoms with Crippen molar-refractivity contribution in [2.24, 2.45) is 0 Å². The van der Waals surface area contributed by atoms with Crippen LogP contribution in [0, 0.1) is 0 Å². The zero-order chi connectivity index (χ0) is 17.1. The molecule has 4 N–H and O–H groups in total. The summed E-state index contributed by atoms with van der Waals surface area (Å²) in [7, 11) is 0. The number of nitrogens with one attached hydrogen (secondary N) is 2. The van der Waals surface area contributed by atoms with Crippen LogP contribution in [0.15, 0.2) is 48.5 Å². The highest BCUT2D eigenvalue weighted by atomic mass is 16.3. The lowest BCUT2D eigenvalue weighted by molar-refractivity contribution is 0.142. The van der Waals surface area contributed by atoms with E-state index >= 15 is 0 Å². The number of hydrogen-bond donors (Lipinski definition) is 4. The third-order valence-electron chi connectivity index (χ3n) is 4.35. The van der Waals surface area contributed by atoms with Crippen LogP contribution in [-0.4, -0.2) is 28.4 Å². The number of carbonyl (C=O) groups excluding carboxylic acids is 1. The van der Waals surface area contributed by atoms with Gasteiger partial charge in [-0.1, -0.05) is 36.4 Å². The predicted molar refractivity (Wildman–Crippen MR) is 91.8 cm³/mol. The van der Waals surface area contributed by atoms with Crippen molar-refractivity contribution in [2.75, 3.05) is 0 Å². The van der Waals surface area contributed by atoms with E-state index in [1.165, 1.54) is 0 Å². The van der Waals surface area contributed by atoms with Crippen molar-refractivity contribution in [2.45, 2.75) is 38.0 Å². The number of fused-ring (bicyclic) bond motifs is 1. The summed E-state index contributed by atoms with van der Waals surface area (Å²) in [6, 6.07) is 14.0. The Morgan fingerprint density at radius 1 is 1.21 bits per heavy atom. The fourth-order valence-corrected chi connectivity index (χ4v) is 3.19. The minimum atomic E-state index is -0.597. The van der Waals surface area contributed by atoms with E-state index in [-0.39, 0.29) is 23.9 Å². The van der Waals surface area contributed by atoms with Crippen molar-refractivity contribution in [3.63, 3.8) is 0 Å². The summed E-state index contributed by atoms with van der Waals surface area (Å²) >= 11 is 0. The lowest BCUT2D eigenvalue weighted by Gasteiger charge is -2.21. The van der Waals surface area contributed by atoms with E-state index in [4.69, 9.17) is 0 Å². The molecule has 24 heavy (non-hydrogen) atoms. The van der Waals surface area contributed by atoms with Gasteiger partial charge in [0.15, 0.2) is 0 Å². The molecule has 3 rings (SSSR count). The Morgan fingerprint density at radius 3 is 2.67 bits per heavy atom. The van der Waals surface area contributed by atoms with Gasteiger partial charge in [0.25, 0.3) is 0 Å². The number of aromatic hydroxyl groups is 1. The molecule has 0 bridgehead atoms. The Balaban J connectivity index is 1.56. The first kappa shape index (κ1) is 16.3. The quantitative estimate of drug-likeness (QED) is 0.696. The molecule has 0 aromatic heterocycles. The molecule has 3 atom stereocenters. The molecular formula is C19H22N2O3. The van der Waals surface area contributed by atoms with Gasteiger partial charge in [0.2, 0.25) is 0 Å². The highest BCUT2D eigenvalue weighted by Crippen LogP contribution is 2.31. The van der Waals surface area contributed by atoms with E-state index in [1.54, 1.807) is 12.1 Å². The first-order chi connectivity index (χ1) is 11.5. The third-order valence-corrected chi connectivity index (χ3v) is 4.35. The number of phenolic OH excluding ortho intramolecular Hbond substituents is 1. The van der Waals surface area contributed by atoms with Gasteiger partial charge >= 0.3 is 6.03 Å². The van der Waals surface area contributed by atoms with Crippen molar-refractivity contribution < 1.29 is 15.0 Å². The van der Waals surface area contributed by atoms with Gasteiger partial charge in [-0.2, -0.15) is 0 Å². The van der Waals surface area contributed by atoms with Gasteiger partial charge in [0.1, 0.15) is 5.75 Å². The number of aliphatic hydroxyl groups is 1. The fraction of sp³-hybridized carbons (Fsp3) is 0.316. The molecule has 2 amide bonds. The first-order valence-corrected chi connectivity index (χ1v) is 8.13. The van der Waals surface area contributed by atoms with E-state index in [0.717, 1.165) is 16.7 Å². The molecule has 0 spiro atoms. The van der Waals surface area contributed by atoms with Crippen molar-refractivity contribution in [3.8, 4) is 5.75 Å². The first-order valence-electron chi connectivity index (χ1n) is 8.13. The van der Waals surface area contributed by atoms with Crippen molar-refractivity contribution in [3.05, 3.63) is 65.2 Å². The molecule has 2 aromatic carbocycles. The maximum atomic E-state index is 12.2. The predicted octanol–water partition coefficient (Wildman–Crippen LogP) is 2.28. The molecular weight excluding hydrogens is 304 g/mol. The molecule has 5 heteroatoms. The molecule has 0 saturated heterocycles. The molecule has 0 fully saturated rings. The zero-order valence-electron chi connectivity index (χ0n) is 13.6. The van der Waals surface area contributed by atoms with Gasteiger partial charge in [0.05, 0.1) is 12.1 Å². The molecule has 0 heterocycles. The number of aliphatic hydroxyl groups excluding tert-OH is 1. The van der Waals surface area contributed by atoms with E-state index in [0.29, 0.717) is 12.8 Å². The van der Waals surface area contributed by atoms with Crippen molar-refractivity contribution in [1.29, 1.82) is 0 Å². The van der Waals surface area contributed by atoms with Crippen LogP contribution in [0.25, 0.3) is 0 Å². The topological polar surface area (TPSA) is 81.6 Å². The van der Waals surface area contributed by atoms with Crippen LogP contribution < -0.4 is 10.6 Å². The number of hydrogen-bond acceptors (Lipinski definition) is 3. The van der Waals surface area contributed by atoms with Gasteiger partial charge in [-0.05, 0) is 42.2 Å². The summed E-state index contributed by atoms with van der Waals surface area (Å²) in [5.41, 5.74) is 3.09. The Labute approximate surface area is 141 Å². The van der Waals surface area contributed by atoms with Gasteiger partial charge < -0.3 is 20.8 Å². The van der Waals surface area contributed by atoms with E-state index in [1.807, 2.05) is 43.3 Å². The summed E-state index contributed by atoms with van der Waals surface area (Å²) in [4.78, 5) is 12.2. The average molecular weight is 326 g/mol. The van der Waals surface area contributed by atoms with Gasteiger partial charge in [0, 0.05) is 12.5 Å². The number of urea groups is 1. The Morgan fingerprint density at radius 2 is 1.92 bits per heavy atom. The van der Waals surface area contributed by atoms with Gasteiger partial charge in [-0.3, -0.25) is 0 Å². The molecule has 5 nitrogen and oxygen atoms in total. The zero-order valence-corrected chi connectivity index (χ0v) is 13.6. The maximum Gasteiger partial charge on any atom is 0.315 e. The number of rotatable bonds is 4. The summed E-state index contributed by atoms with van der Waals surface area (Å²) < 4.78 is 0. The molecule has 0 radical (unpaired) electrons. The second kappa shape index (κ2) is 6.93. The Hall–Kier alpha value is -2.53. The molecule has 1 aliphatic carbocycles. The van der Waals surface area contributed by atoms with Crippen molar-refractivity contribution in [1.82, 2.24) is 10.6 Å². The van der Waals surface area contributed by atoms with E-state index < -0.39 is 6.10 Å². The number of amides is 2. The summed E-state index contributed by atoms with van der Waals surface area (Å²) in [5.74, 6) is 0.228. The summed E-state index contributed by atoms with van der Waals surface area (Å²) in [5, 5.41) is 25.3. The largest absolute Gasteiger partial charge is 0.508 e. The van der Waals surface area contributed by atoms with Crippen LogP contribution >= 0.6 is 0 Å². The van der Waals surface area contributed by atoms with Crippen LogP contribution in [-0.2, 0) is 12.8 Å². The minimum Gasteiger partial charge on any atom is -0.508 e. The number of benzene rings is 2. The SMILES string of the molecule is CC(Cc1ccc(O)cc1)NC(=O)NC1c2ccccc2CC1O. The van der Waals surface area contributed by atoms with Crippen LogP contribution in [0.3, 0.4) is 0 Å². The molecule has 1 aliphatic rings. The molecule has 2 aromatic rings. The molecule has 0 saturated carbocycles. The third kappa shape index (κ3) is 3.68. The normalized spacial score (nSPS) is 20.2. The highest BCUT2D eigenvalue weighted by molar-refractivity contribution is 5.75. The molecule has 0 aliphatic heterocycles. The maximum absolute atomic E-state index is 12.2. The Bertz CT molecular complexity index is 715. The van der Waals surface area contributed by atoms with E-state index in [2.05, 4.69) is 10.6 Å². The second-order valence-corrected chi connectivity index (χ2v) is 6.34. The number of carbonyl (C=O) groups is 1. The standard InChI is InChI=1S/C19H22N2O3/c1-12(10-13-6-8-15(22)9-7-13)20-19(24)21-18-16-5-3-2-4-14(16)11-17(18)23/h2-9,12,17-18,22-23H,10-11H2,1H3,(H2,20,21,24). The van der Waals surface area contributed by atoms with Gasteiger partial charge in [-0.15, -0.1) is 0 Å². The highest BCUT2D eigenvalue weighted by Gasteiger charge is 2.31. The summed E-state index contributed by atoms with van der Waals surface area (Å²) in [6.45, 7) is 1.92. The average Bonchev–Trinajstić information content (AvgIpc) is 2.85. The Kier molecular flexibility index (Phi) is 4.71. The lowest BCUT2D eigenvalue weighted by atomic mass is 10.1. The van der Waals surface area contributed by atoms with Crippen LogP contribution in [0.1, 0.15) is 29.7 Å². The summed E-state index contributed by atoms with van der Waals surface area (Å²) in [6.07, 6.45) is 0.627. The monoisotopic (exact) mass is 326 g/mol. The molecule has 126 valence electrons. The van der Waals surface area contributed by atoms with Crippen LogP contribution in [0.5, 0.6) is 5.75 Å². The van der Waals surface area contributed by atoms with Gasteiger partial charge in [-0.25, -0.2) is 4.79 Å². The second-order valence-electron chi connectivity index (χ2n) is 6.34. The minimum absolute atomic E-state index is 0.0664. The number of phenols is 1. The smallest absolute Gasteiger partial charge is 0.315 e. The van der Waals surface area contributed by atoms with E-state index in [9.17, 15) is 15.0 Å². The lowest BCUT2D eigenvalue weighted by Crippen LogP contribution is -2.45. The van der Waals surface area contributed by atoms with Crippen molar-refractivity contribution >= 4 is 6.03 Å². The fourth-order valence-electron chi connectivity index (χ4n) is 3.19. The van der Waals surface area contributed by atoms with Crippen LogP contribution in [0.2, 0.25) is 0 Å². The molecule has 3 unspecified atom stereocenters. The van der Waals surface area contributed by atoms with Crippen LogP contribution in [0.4, 0.5) is 4.79 Å².